The van der Waals surface area contributed by atoms with E-state index < -0.39 is 11.9 Å². The summed E-state index contributed by atoms with van der Waals surface area (Å²) in [4.78, 5) is 5.70. The molecular formula is C14H18F3N3S. The third-order valence-electron chi connectivity index (χ3n) is 3.90. The van der Waals surface area contributed by atoms with Gasteiger partial charge in [-0.2, -0.15) is 13.2 Å². The average Bonchev–Trinajstić information content (AvgIpc) is 2.86. The third-order valence-corrected chi connectivity index (χ3v) is 4.12. The Hall–Kier alpha value is -1.37. The van der Waals surface area contributed by atoms with Gasteiger partial charge in [-0.15, -0.1) is 0 Å². The molecule has 1 unspecified atom stereocenters. The van der Waals surface area contributed by atoms with Crippen LogP contribution in [0, 0.1) is 11.8 Å². The van der Waals surface area contributed by atoms with Crippen LogP contribution in [-0.4, -0.2) is 23.1 Å². The van der Waals surface area contributed by atoms with Crippen molar-refractivity contribution >= 4 is 23.0 Å². The minimum Gasteiger partial charge on any atom is -0.389 e. The van der Waals surface area contributed by atoms with Crippen LogP contribution in [0.3, 0.4) is 0 Å². The molecule has 116 valence electrons. The molecule has 0 saturated carbocycles. The first-order valence-corrected chi connectivity index (χ1v) is 7.24. The highest BCUT2D eigenvalue weighted by Crippen LogP contribution is 2.33. The number of nitrogens with zero attached hydrogens (tertiary/aromatic N) is 2. The Balaban J connectivity index is 2.38. The lowest BCUT2D eigenvalue weighted by Crippen LogP contribution is -2.27. The van der Waals surface area contributed by atoms with Crippen molar-refractivity contribution in [2.75, 3.05) is 18.0 Å². The first-order chi connectivity index (χ1) is 9.70. The van der Waals surface area contributed by atoms with Gasteiger partial charge in [-0.05, 0) is 30.4 Å². The molecule has 0 radical (unpaired) electrons. The number of anilines is 1. The van der Waals surface area contributed by atoms with E-state index in [1.165, 1.54) is 6.07 Å². The number of pyridine rings is 1. The molecule has 0 aliphatic carbocycles. The molecule has 2 rings (SSSR count). The standard InChI is InChI=1S/C14H18F3N3S/c1-8(2)9-5-6-20(7-9)13-10(12(18)21)3-4-11(19-13)14(15,16)17/h3-4,8-9H,5-7H2,1-2H3,(H2,18,21). The monoisotopic (exact) mass is 317 g/mol. The van der Waals surface area contributed by atoms with Crippen molar-refractivity contribution in [1.29, 1.82) is 0 Å². The van der Waals surface area contributed by atoms with Crippen molar-refractivity contribution < 1.29 is 13.2 Å². The molecule has 1 aliphatic heterocycles. The van der Waals surface area contributed by atoms with Crippen LogP contribution in [0.25, 0.3) is 0 Å². The van der Waals surface area contributed by atoms with Gasteiger partial charge in [-0.1, -0.05) is 26.1 Å². The molecule has 21 heavy (non-hydrogen) atoms. The summed E-state index contributed by atoms with van der Waals surface area (Å²) in [5, 5.41) is 0. The molecule has 3 nitrogen and oxygen atoms in total. The molecule has 2 N–H and O–H groups in total. The number of hydrogen-bond acceptors (Lipinski definition) is 3. The van der Waals surface area contributed by atoms with Gasteiger partial charge in [0.15, 0.2) is 0 Å². The zero-order valence-corrected chi connectivity index (χ0v) is 12.8. The molecule has 0 bridgehead atoms. The fraction of sp³-hybridized carbons (Fsp3) is 0.571. The second-order valence-electron chi connectivity index (χ2n) is 5.67. The summed E-state index contributed by atoms with van der Waals surface area (Å²) in [6, 6.07) is 2.24. The molecule has 1 saturated heterocycles. The molecular weight excluding hydrogens is 299 g/mol. The number of thiocarbonyl (C=S) groups is 1. The maximum absolute atomic E-state index is 12.8. The van der Waals surface area contributed by atoms with Gasteiger partial charge in [0.2, 0.25) is 0 Å². The molecule has 1 fully saturated rings. The maximum atomic E-state index is 12.8. The number of halogens is 3. The molecule has 0 aromatic carbocycles. The molecule has 1 aromatic rings. The van der Waals surface area contributed by atoms with Crippen molar-refractivity contribution in [2.24, 2.45) is 17.6 Å². The Labute approximate surface area is 127 Å². The number of hydrogen-bond donors (Lipinski definition) is 1. The molecule has 1 aliphatic rings. The van der Waals surface area contributed by atoms with Crippen LogP contribution >= 0.6 is 12.2 Å². The third kappa shape index (κ3) is 3.45. The molecule has 1 aromatic heterocycles. The van der Waals surface area contributed by atoms with Crippen molar-refractivity contribution in [3.63, 3.8) is 0 Å². The second kappa shape index (κ2) is 5.79. The smallest absolute Gasteiger partial charge is 0.389 e. The van der Waals surface area contributed by atoms with Gasteiger partial charge < -0.3 is 10.6 Å². The van der Waals surface area contributed by atoms with Crippen LogP contribution in [-0.2, 0) is 6.18 Å². The lowest BCUT2D eigenvalue weighted by Gasteiger charge is -2.22. The summed E-state index contributed by atoms with van der Waals surface area (Å²) >= 11 is 4.93. The van der Waals surface area contributed by atoms with Crippen LogP contribution in [0.1, 0.15) is 31.5 Å². The minimum absolute atomic E-state index is 0.0687. The topological polar surface area (TPSA) is 42.2 Å². The van der Waals surface area contributed by atoms with E-state index in [0.29, 0.717) is 30.5 Å². The first-order valence-electron chi connectivity index (χ1n) is 6.83. The van der Waals surface area contributed by atoms with Gasteiger partial charge in [-0.3, -0.25) is 0 Å². The van der Waals surface area contributed by atoms with Crippen LogP contribution in [0.2, 0.25) is 0 Å². The Bertz CT molecular complexity index is 543. The van der Waals surface area contributed by atoms with E-state index in [4.69, 9.17) is 18.0 Å². The number of rotatable bonds is 3. The van der Waals surface area contributed by atoms with Gasteiger partial charge >= 0.3 is 6.18 Å². The van der Waals surface area contributed by atoms with Crippen LogP contribution in [0.5, 0.6) is 0 Å². The predicted molar refractivity (Wildman–Crippen MR) is 80.3 cm³/mol. The summed E-state index contributed by atoms with van der Waals surface area (Å²) in [5.41, 5.74) is 5.11. The summed E-state index contributed by atoms with van der Waals surface area (Å²) < 4.78 is 38.5. The molecule has 1 atom stereocenters. The summed E-state index contributed by atoms with van der Waals surface area (Å²) in [5.74, 6) is 1.18. The summed E-state index contributed by atoms with van der Waals surface area (Å²) in [6.07, 6.45) is -3.53. The fourth-order valence-electron chi connectivity index (χ4n) is 2.56. The van der Waals surface area contributed by atoms with Crippen LogP contribution < -0.4 is 10.6 Å². The van der Waals surface area contributed by atoms with Crippen molar-refractivity contribution in [3.05, 3.63) is 23.4 Å². The Morgan fingerprint density at radius 1 is 1.43 bits per heavy atom. The van der Waals surface area contributed by atoms with E-state index in [9.17, 15) is 13.2 Å². The largest absolute Gasteiger partial charge is 0.433 e. The van der Waals surface area contributed by atoms with E-state index in [0.717, 1.165) is 12.5 Å². The van der Waals surface area contributed by atoms with Gasteiger partial charge in [0.05, 0.1) is 5.56 Å². The molecule has 0 amide bonds. The van der Waals surface area contributed by atoms with Gasteiger partial charge in [-0.25, -0.2) is 4.98 Å². The highest BCUT2D eigenvalue weighted by Gasteiger charge is 2.35. The zero-order valence-electron chi connectivity index (χ0n) is 11.9. The van der Waals surface area contributed by atoms with Crippen molar-refractivity contribution in [3.8, 4) is 0 Å². The zero-order chi connectivity index (χ0) is 15.8. The highest BCUT2D eigenvalue weighted by molar-refractivity contribution is 7.80. The van der Waals surface area contributed by atoms with E-state index in [1.807, 2.05) is 4.90 Å². The average molecular weight is 317 g/mol. The predicted octanol–water partition coefficient (Wildman–Crippen LogP) is 3.22. The van der Waals surface area contributed by atoms with Gasteiger partial charge in [0, 0.05) is 13.1 Å². The van der Waals surface area contributed by atoms with Gasteiger partial charge in [0.1, 0.15) is 16.5 Å². The van der Waals surface area contributed by atoms with Crippen LogP contribution in [0.15, 0.2) is 12.1 Å². The normalized spacial score (nSPS) is 19.3. The Morgan fingerprint density at radius 2 is 2.10 bits per heavy atom. The number of aromatic nitrogens is 1. The molecule has 2 heterocycles. The van der Waals surface area contributed by atoms with E-state index in [2.05, 4.69) is 18.8 Å². The first kappa shape index (κ1) is 16.0. The highest BCUT2D eigenvalue weighted by atomic mass is 32.1. The van der Waals surface area contributed by atoms with Crippen molar-refractivity contribution in [2.45, 2.75) is 26.4 Å². The molecule has 0 spiro atoms. The lowest BCUT2D eigenvalue weighted by atomic mass is 9.95. The van der Waals surface area contributed by atoms with Crippen molar-refractivity contribution in [1.82, 2.24) is 4.98 Å². The molecule has 7 heteroatoms. The lowest BCUT2D eigenvalue weighted by molar-refractivity contribution is -0.141. The number of alkyl halides is 3. The van der Waals surface area contributed by atoms with E-state index in [1.54, 1.807) is 0 Å². The Morgan fingerprint density at radius 3 is 2.57 bits per heavy atom. The fourth-order valence-corrected chi connectivity index (χ4v) is 2.72. The SMILES string of the molecule is CC(C)C1CCN(c2nc(C(F)(F)F)ccc2C(N)=S)C1. The van der Waals surface area contributed by atoms with Crippen LogP contribution in [0.4, 0.5) is 19.0 Å². The summed E-state index contributed by atoms with van der Waals surface area (Å²) in [7, 11) is 0. The Kier molecular flexibility index (Phi) is 4.41. The van der Waals surface area contributed by atoms with E-state index >= 15 is 0 Å². The minimum atomic E-state index is -4.47. The van der Waals surface area contributed by atoms with E-state index in [-0.39, 0.29) is 10.8 Å². The number of nitrogens with two attached hydrogens (primary N) is 1. The second-order valence-corrected chi connectivity index (χ2v) is 6.11. The quantitative estimate of drug-likeness (QED) is 0.869. The van der Waals surface area contributed by atoms with Gasteiger partial charge in [0.25, 0.3) is 0 Å². The maximum Gasteiger partial charge on any atom is 0.433 e. The summed E-state index contributed by atoms with van der Waals surface area (Å²) in [6.45, 7) is 5.58.